The third kappa shape index (κ3) is 4.29. The number of benzene rings is 2. The second-order valence-electron chi connectivity index (χ2n) is 5.70. The van der Waals surface area contributed by atoms with Gasteiger partial charge in [-0.25, -0.2) is 4.39 Å². The van der Waals surface area contributed by atoms with Crippen molar-refractivity contribution in [3.05, 3.63) is 65.5 Å². The fourth-order valence-electron chi connectivity index (χ4n) is 2.23. The Bertz CT molecular complexity index is 654. The van der Waals surface area contributed by atoms with Crippen LogP contribution < -0.4 is 10.2 Å². The molecule has 0 aliphatic heterocycles. The van der Waals surface area contributed by atoms with Gasteiger partial charge in [-0.3, -0.25) is 4.79 Å². The molecule has 0 saturated carbocycles. The van der Waals surface area contributed by atoms with Gasteiger partial charge in [0.25, 0.3) is 5.91 Å². The van der Waals surface area contributed by atoms with Crippen LogP contribution in [-0.4, -0.2) is 31.2 Å². The van der Waals surface area contributed by atoms with E-state index in [1.54, 1.807) is 19.1 Å². The van der Waals surface area contributed by atoms with Gasteiger partial charge >= 0.3 is 0 Å². The van der Waals surface area contributed by atoms with Crippen LogP contribution in [0.1, 0.15) is 28.9 Å². The maximum atomic E-state index is 12.9. The van der Waals surface area contributed by atoms with Crippen LogP contribution in [0.15, 0.2) is 48.5 Å². The van der Waals surface area contributed by atoms with Crippen molar-refractivity contribution in [3.8, 4) is 0 Å². The Labute approximate surface area is 135 Å². The number of halogens is 1. The van der Waals surface area contributed by atoms with E-state index in [-0.39, 0.29) is 11.7 Å². The second kappa shape index (κ2) is 7.24. The van der Waals surface area contributed by atoms with Gasteiger partial charge in [-0.2, -0.15) is 0 Å². The minimum Gasteiger partial charge on any atom is -0.386 e. The maximum absolute atomic E-state index is 12.9. The number of rotatable bonds is 5. The molecule has 0 radical (unpaired) electrons. The zero-order valence-corrected chi connectivity index (χ0v) is 13.5. The van der Waals surface area contributed by atoms with Crippen molar-refractivity contribution in [1.82, 2.24) is 5.32 Å². The van der Waals surface area contributed by atoms with Crippen molar-refractivity contribution in [2.75, 3.05) is 19.0 Å². The number of carbonyl (C=O) groups excluding carboxylic acids is 1. The van der Waals surface area contributed by atoms with Gasteiger partial charge in [-0.1, -0.05) is 12.1 Å². The molecule has 23 heavy (non-hydrogen) atoms. The van der Waals surface area contributed by atoms with Crippen molar-refractivity contribution in [1.29, 1.82) is 0 Å². The molecule has 122 valence electrons. The Hall–Kier alpha value is -2.40. The summed E-state index contributed by atoms with van der Waals surface area (Å²) in [5.41, 5.74) is 2.08. The zero-order valence-electron chi connectivity index (χ0n) is 13.5. The maximum Gasteiger partial charge on any atom is 0.251 e. The lowest BCUT2D eigenvalue weighted by Gasteiger charge is -2.21. The van der Waals surface area contributed by atoms with Crippen LogP contribution in [0.3, 0.4) is 0 Å². The van der Waals surface area contributed by atoms with Crippen LogP contribution in [0.2, 0.25) is 0 Å². The van der Waals surface area contributed by atoms with Crippen molar-refractivity contribution in [3.63, 3.8) is 0 Å². The minimum atomic E-state index is -0.902. The molecule has 2 aromatic carbocycles. The Kier molecular flexibility index (Phi) is 5.34. The summed E-state index contributed by atoms with van der Waals surface area (Å²) in [7, 11) is 3.85. The molecule has 0 aromatic heterocycles. The highest BCUT2D eigenvalue weighted by atomic mass is 19.1. The topological polar surface area (TPSA) is 52.6 Å². The molecule has 0 unspecified atom stereocenters. The van der Waals surface area contributed by atoms with Gasteiger partial charge in [0.2, 0.25) is 0 Å². The molecule has 2 rings (SSSR count). The fraction of sp³-hybridized carbons (Fsp3) is 0.278. The number of nitrogens with zero attached hydrogens (tertiary/aromatic N) is 1. The third-order valence-corrected chi connectivity index (χ3v) is 3.69. The summed E-state index contributed by atoms with van der Waals surface area (Å²) in [4.78, 5) is 14.2. The van der Waals surface area contributed by atoms with E-state index < -0.39 is 12.1 Å². The second-order valence-corrected chi connectivity index (χ2v) is 5.70. The highest BCUT2D eigenvalue weighted by molar-refractivity contribution is 5.94. The van der Waals surface area contributed by atoms with Gasteiger partial charge in [0.05, 0.1) is 12.1 Å². The first-order chi connectivity index (χ1) is 10.9. The Morgan fingerprint density at radius 1 is 1.09 bits per heavy atom. The number of aliphatic hydroxyl groups is 1. The van der Waals surface area contributed by atoms with Crippen molar-refractivity contribution < 1.29 is 14.3 Å². The fourth-order valence-corrected chi connectivity index (χ4v) is 2.23. The quantitative estimate of drug-likeness (QED) is 0.892. The average Bonchev–Trinajstić information content (AvgIpc) is 2.54. The van der Waals surface area contributed by atoms with Crippen LogP contribution in [-0.2, 0) is 0 Å². The van der Waals surface area contributed by atoms with Gasteiger partial charge in [0.1, 0.15) is 5.82 Å². The molecule has 0 aliphatic rings. The molecule has 4 nitrogen and oxygen atoms in total. The van der Waals surface area contributed by atoms with Crippen LogP contribution in [0.25, 0.3) is 0 Å². The number of carbonyl (C=O) groups is 1. The van der Waals surface area contributed by atoms with Crippen LogP contribution in [0.4, 0.5) is 10.1 Å². The van der Waals surface area contributed by atoms with Crippen molar-refractivity contribution in [2.45, 2.75) is 19.1 Å². The minimum absolute atomic E-state index is 0.260. The average molecular weight is 316 g/mol. The van der Waals surface area contributed by atoms with E-state index >= 15 is 0 Å². The molecule has 2 aromatic rings. The van der Waals surface area contributed by atoms with E-state index in [1.165, 1.54) is 24.3 Å². The van der Waals surface area contributed by atoms with Gasteiger partial charge in [-0.05, 0) is 48.9 Å². The highest BCUT2D eigenvalue weighted by Gasteiger charge is 2.19. The molecule has 2 atom stereocenters. The lowest BCUT2D eigenvalue weighted by Crippen LogP contribution is -2.37. The molecule has 0 heterocycles. The first kappa shape index (κ1) is 17.0. The molecular weight excluding hydrogens is 295 g/mol. The van der Waals surface area contributed by atoms with Crippen LogP contribution in [0.5, 0.6) is 0 Å². The number of nitrogens with one attached hydrogen (secondary N) is 1. The van der Waals surface area contributed by atoms with E-state index in [0.717, 1.165) is 5.69 Å². The third-order valence-electron chi connectivity index (χ3n) is 3.69. The lowest BCUT2D eigenvalue weighted by atomic mass is 10.0. The van der Waals surface area contributed by atoms with Gasteiger partial charge < -0.3 is 15.3 Å². The van der Waals surface area contributed by atoms with E-state index in [9.17, 15) is 14.3 Å². The molecule has 0 fully saturated rings. The summed E-state index contributed by atoms with van der Waals surface area (Å²) in [5.74, 6) is -0.623. The number of hydrogen-bond donors (Lipinski definition) is 2. The number of anilines is 1. The van der Waals surface area contributed by atoms with Crippen molar-refractivity contribution in [2.24, 2.45) is 0 Å². The number of aliphatic hydroxyl groups excluding tert-OH is 1. The largest absolute Gasteiger partial charge is 0.386 e. The monoisotopic (exact) mass is 316 g/mol. The predicted molar refractivity (Wildman–Crippen MR) is 89.1 cm³/mol. The van der Waals surface area contributed by atoms with Gasteiger partial charge in [0, 0.05) is 25.3 Å². The summed E-state index contributed by atoms with van der Waals surface area (Å²) >= 11 is 0. The van der Waals surface area contributed by atoms with Gasteiger partial charge in [0.15, 0.2) is 0 Å². The predicted octanol–water partition coefficient (Wildman–Crippen LogP) is 2.74. The number of hydrogen-bond acceptors (Lipinski definition) is 3. The Balaban J connectivity index is 2.02. The molecule has 5 heteroatoms. The normalized spacial score (nSPS) is 13.3. The highest BCUT2D eigenvalue weighted by Crippen LogP contribution is 2.18. The molecule has 1 amide bonds. The van der Waals surface area contributed by atoms with E-state index in [2.05, 4.69) is 5.32 Å². The molecule has 0 bridgehead atoms. The first-order valence-corrected chi connectivity index (χ1v) is 7.40. The first-order valence-electron chi connectivity index (χ1n) is 7.40. The summed E-state index contributed by atoms with van der Waals surface area (Å²) in [6.45, 7) is 1.71. The molecule has 2 N–H and O–H groups in total. The lowest BCUT2D eigenvalue weighted by molar-refractivity contribution is 0.0852. The van der Waals surface area contributed by atoms with Gasteiger partial charge in [-0.15, -0.1) is 0 Å². The van der Waals surface area contributed by atoms with Crippen molar-refractivity contribution >= 4 is 11.6 Å². The van der Waals surface area contributed by atoms with Crippen LogP contribution in [0, 0.1) is 5.82 Å². The zero-order chi connectivity index (χ0) is 17.0. The smallest absolute Gasteiger partial charge is 0.251 e. The Morgan fingerprint density at radius 2 is 1.65 bits per heavy atom. The number of amides is 1. The summed E-state index contributed by atoms with van der Waals surface area (Å²) < 4.78 is 12.9. The summed E-state index contributed by atoms with van der Waals surface area (Å²) in [6, 6.07) is 12.3. The summed E-state index contributed by atoms with van der Waals surface area (Å²) in [6.07, 6.45) is -0.902. The SMILES string of the molecule is C[C@H](NC(=O)c1ccc(N(C)C)cc1)[C@H](O)c1ccc(F)cc1. The summed E-state index contributed by atoms with van der Waals surface area (Å²) in [5, 5.41) is 13.0. The molecule has 0 aliphatic carbocycles. The van der Waals surface area contributed by atoms with E-state index in [1.807, 2.05) is 31.1 Å². The van der Waals surface area contributed by atoms with E-state index in [0.29, 0.717) is 11.1 Å². The molecule has 0 spiro atoms. The standard InChI is InChI=1S/C18H21FN2O2/c1-12(17(22)13-4-8-15(19)9-5-13)20-18(23)14-6-10-16(11-7-14)21(2)3/h4-12,17,22H,1-3H3,(H,20,23)/t12-,17-/m0/s1. The molecular formula is C18H21FN2O2. The molecule has 0 saturated heterocycles. The Morgan fingerprint density at radius 3 is 2.17 bits per heavy atom. The van der Waals surface area contributed by atoms with E-state index in [4.69, 9.17) is 0 Å². The van der Waals surface area contributed by atoms with Crippen LogP contribution >= 0.6 is 0 Å².